The summed E-state index contributed by atoms with van der Waals surface area (Å²) in [6, 6.07) is 30.5. The maximum atomic E-state index is 11.8. The standard InChI is InChI=1S/C25H22N2O2/c1-19(24(28)29)23-17-26-18-27(23)25(20-11-5-2-6-12-20,21-13-7-3-8-14-21)22-15-9-4-10-16-22/h2-19H,1H3,(H,28,29). The Morgan fingerprint density at radius 1 is 0.828 bits per heavy atom. The zero-order valence-corrected chi connectivity index (χ0v) is 16.1. The van der Waals surface area contributed by atoms with Crippen LogP contribution in [0.2, 0.25) is 0 Å². The molecule has 1 N–H and O–H groups in total. The van der Waals surface area contributed by atoms with Crippen LogP contribution < -0.4 is 0 Å². The van der Waals surface area contributed by atoms with Crippen molar-refractivity contribution in [1.29, 1.82) is 0 Å². The molecule has 0 saturated carbocycles. The Kier molecular flexibility index (Phi) is 5.00. The summed E-state index contributed by atoms with van der Waals surface area (Å²) in [5.41, 5.74) is 3.01. The first kappa shape index (κ1) is 18.7. The molecule has 1 unspecified atom stereocenters. The van der Waals surface area contributed by atoms with Crippen molar-refractivity contribution in [3.05, 3.63) is 126 Å². The first-order chi connectivity index (χ1) is 14.2. The Morgan fingerprint density at radius 2 is 1.24 bits per heavy atom. The van der Waals surface area contributed by atoms with Crippen LogP contribution in [0.25, 0.3) is 0 Å². The zero-order chi connectivity index (χ0) is 20.3. The van der Waals surface area contributed by atoms with Gasteiger partial charge in [0.05, 0.1) is 17.9 Å². The second kappa shape index (κ2) is 7.76. The van der Waals surface area contributed by atoms with Crippen LogP contribution >= 0.6 is 0 Å². The molecule has 4 heteroatoms. The molecule has 144 valence electrons. The Labute approximate surface area is 170 Å². The van der Waals surface area contributed by atoms with E-state index >= 15 is 0 Å². The number of carbonyl (C=O) groups is 1. The van der Waals surface area contributed by atoms with E-state index in [1.54, 1.807) is 19.4 Å². The molecule has 4 rings (SSSR count). The van der Waals surface area contributed by atoms with Gasteiger partial charge in [0.25, 0.3) is 0 Å². The third kappa shape index (κ3) is 3.13. The summed E-state index contributed by atoms with van der Waals surface area (Å²) in [4.78, 5) is 16.2. The molecule has 3 aromatic carbocycles. The maximum absolute atomic E-state index is 11.8. The highest BCUT2D eigenvalue weighted by Crippen LogP contribution is 2.42. The molecule has 0 aliphatic rings. The molecule has 0 radical (unpaired) electrons. The lowest BCUT2D eigenvalue weighted by Crippen LogP contribution is -2.39. The van der Waals surface area contributed by atoms with Gasteiger partial charge >= 0.3 is 5.97 Å². The van der Waals surface area contributed by atoms with Crippen LogP contribution in [0.3, 0.4) is 0 Å². The monoisotopic (exact) mass is 382 g/mol. The summed E-state index contributed by atoms with van der Waals surface area (Å²) >= 11 is 0. The number of carboxylic acid groups (broad SMARTS) is 1. The Balaban J connectivity index is 2.13. The van der Waals surface area contributed by atoms with Crippen molar-refractivity contribution in [3.8, 4) is 0 Å². The molecule has 4 nitrogen and oxygen atoms in total. The summed E-state index contributed by atoms with van der Waals surface area (Å²) in [5, 5.41) is 9.71. The number of imidazole rings is 1. The minimum Gasteiger partial charge on any atom is -0.481 e. The van der Waals surface area contributed by atoms with Crippen LogP contribution in [0.5, 0.6) is 0 Å². The Bertz CT molecular complexity index is 993. The number of nitrogens with zero attached hydrogens (tertiary/aromatic N) is 2. The van der Waals surface area contributed by atoms with Crippen LogP contribution in [0.1, 0.15) is 35.2 Å². The van der Waals surface area contributed by atoms with Gasteiger partial charge < -0.3 is 9.67 Å². The molecule has 0 fully saturated rings. The summed E-state index contributed by atoms with van der Waals surface area (Å²) in [6.45, 7) is 1.70. The lowest BCUT2D eigenvalue weighted by atomic mass is 9.76. The smallest absolute Gasteiger partial charge is 0.312 e. The second-order valence-corrected chi connectivity index (χ2v) is 7.06. The topological polar surface area (TPSA) is 55.1 Å². The van der Waals surface area contributed by atoms with Crippen LogP contribution in [0.4, 0.5) is 0 Å². The third-order valence-corrected chi connectivity index (χ3v) is 5.42. The zero-order valence-electron chi connectivity index (χ0n) is 16.1. The molecule has 0 bridgehead atoms. The minimum atomic E-state index is -0.880. The molecule has 0 spiro atoms. The Morgan fingerprint density at radius 3 is 1.62 bits per heavy atom. The number of rotatable bonds is 6. The highest BCUT2D eigenvalue weighted by Gasteiger charge is 2.40. The molecule has 0 amide bonds. The van der Waals surface area contributed by atoms with E-state index in [-0.39, 0.29) is 0 Å². The number of aliphatic carboxylic acids is 1. The van der Waals surface area contributed by atoms with Crippen molar-refractivity contribution in [2.45, 2.75) is 18.4 Å². The van der Waals surface area contributed by atoms with Gasteiger partial charge in [-0.25, -0.2) is 4.98 Å². The fourth-order valence-corrected chi connectivity index (χ4v) is 3.99. The van der Waals surface area contributed by atoms with Gasteiger partial charge in [-0.3, -0.25) is 4.79 Å². The van der Waals surface area contributed by atoms with Gasteiger partial charge in [0.2, 0.25) is 0 Å². The van der Waals surface area contributed by atoms with E-state index in [1.807, 2.05) is 59.2 Å². The SMILES string of the molecule is CC(C(=O)O)c1cncn1C(c1ccccc1)(c1ccccc1)c1ccccc1. The van der Waals surface area contributed by atoms with Gasteiger partial charge in [0.15, 0.2) is 0 Å². The fourth-order valence-electron chi connectivity index (χ4n) is 3.99. The predicted molar refractivity (Wildman–Crippen MR) is 113 cm³/mol. The Hall–Kier alpha value is -3.66. The van der Waals surface area contributed by atoms with Crippen molar-refractivity contribution in [2.75, 3.05) is 0 Å². The van der Waals surface area contributed by atoms with Crippen molar-refractivity contribution in [2.24, 2.45) is 0 Å². The van der Waals surface area contributed by atoms with E-state index in [1.165, 1.54) is 0 Å². The van der Waals surface area contributed by atoms with Crippen molar-refractivity contribution < 1.29 is 9.90 Å². The van der Waals surface area contributed by atoms with E-state index in [0.29, 0.717) is 5.69 Å². The number of aromatic nitrogens is 2. The van der Waals surface area contributed by atoms with Crippen molar-refractivity contribution >= 4 is 5.97 Å². The number of carboxylic acids is 1. The number of hydrogen-bond donors (Lipinski definition) is 1. The first-order valence-electron chi connectivity index (χ1n) is 9.57. The van der Waals surface area contributed by atoms with E-state index in [9.17, 15) is 9.90 Å². The largest absolute Gasteiger partial charge is 0.481 e. The third-order valence-electron chi connectivity index (χ3n) is 5.42. The lowest BCUT2D eigenvalue weighted by molar-refractivity contribution is -0.138. The van der Waals surface area contributed by atoms with Crippen LogP contribution in [-0.2, 0) is 10.3 Å². The van der Waals surface area contributed by atoms with Gasteiger partial charge in [-0.05, 0) is 23.6 Å². The molecule has 0 aliphatic heterocycles. The van der Waals surface area contributed by atoms with E-state index in [4.69, 9.17) is 0 Å². The summed E-state index contributed by atoms with van der Waals surface area (Å²) in [5.74, 6) is -1.58. The average molecular weight is 382 g/mol. The molecule has 1 aromatic heterocycles. The minimum absolute atomic E-state index is 0.647. The van der Waals surface area contributed by atoms with Gasteiger partial charge in [0.1, 0.15) is 5.54 Å². The lowest BCUT2D eigenvalue weighted by Gasteiger charge is -2.39. The fraction of sp³-hybridized carbons (Fsp3) is 0.120. The second-order valence-electron chi connectivity index (χ2n) is 7.06. The molecular weight excluding hydrogens is 360 g/mol. The molecular formula is C25H22N2O2. The van der Waals surface area contributed by atoms with E-state index in [0.717, 1.165) is 16.7 Å². The van der Waals surface area contributed by atoms with Gasteiger partial charge in [-0.1, -0.05) is 91.0 Å². The molecule has 0 aliphatic carbocycles. The summed E-state index contributed by atoms with van der Waals surface area (Å²) in [7, 11) is 0. The van der Waals surface area contributed by atoms with E-state index in [2.05, 4.69) is 41.4 Å². The van der Waals surface area contributed by atoms with Gasteiger partial charge in [-0.2, -0.15) is 0 Å². The molecule has 4 aromatic rings. The number of benzene rings is 3. The van der Waals surface area contributed by atoms with Gasteiger partial charge in [0, 0.05) is 6.20 Å². The van der Waals surface area contributed by atoms with Crippen LogP contribution in [-0.4, -0.2) is 20.6 Å². The molecule has 0 saturated heterocycles. The van der Waals surface area contributed by atoms with Crippen molar-refractivity contribution in [1.82, 2.24) is 9.55 Å². The van der Waals surface area contributed by atoms with E-state index < -0.39 is 17.4 Å². The van der Waals surface area contributed by atoms with Crippen LogP contribution in [0.15, 0.2) is 104 Å². The number of hydrogen-bond acceptors (Lipinski definition) is 2. The van der Waals surface area contributed by atoms with Crippen LogP contribution in [0, 0.1) is 0 Å². The maximum Gasteiger partial charge on any atom is 0.312 e. The van der Waals surface area contributed by atoms with Gasteiger partial charge in [-0.15, -0.1) is 0 Å². The highest BCUT2D eigenvalue weighted by molar-refractivity contribution is 5.75. The average Bonchev–Trinajstić information content (AvgIpc) is 3.26. The predicted octanol–water partition coefficient (Wildman–Crippen LogP) is 4.91. The molecule has 1 atom stereocenters. The van der Waals surface area contributed by atoms with Crippen molar-refractivity contribution in [3.63, 3.8) is 0 Å². The highest BCUT2D eigenvalue weighted by atomic mass is 16.4. The normalized spacial score (nSPS) is 12.4. The molecule has 1 heterocycles. The summed E-state index contributed by atoms with van der Waals surface area (Å²) in [6.07, 6.45) is 3.39. The summed E-state index contributed by atoms with van der Waals surface area (Å²) < 4.78 is 2.01. The first-order valence-corrected chi connectivity index (χ1v) is 9.57. The quantitative estimate of drug-likeness (QED) is 0.482. The molecule has 29 heavy (non-hydrogen) atoms.